The van der Waals surface area contributed by atoms with E-state index in [1.807, 2.05) is 30.5 Å². The normalized spacial score (nSPS) is 11.0. The van der Waals surface area contributed by atoms with Crippen molar-refractivity contribution in [1.29, 1.82) is 0 Å². The fourth-order valence-corrected chi connectivity index (χ4v) is 4.50. The molecule has 0 fully saturated rings. The van der Waals surface area contributed by atoms with Crippen LogP contribution in [0.5, 0.6) is 5.75 Å². The number of benzene rings is 1. The van der Waals surface area contributed by atoms with E-state index < -0.39 is 0 Å². The third-order valence-corrected chi connectivity index (χ3v) is 6.43. The Morgan fingerprint density at radius 2 is 1.88 bits per heavy atom. The molecule has 0 atom stereocenters. The molecule has 176 valence electrons. The van der Waals surface area contributed by atoms with E-state index in [0.29, 0.717) is 28.3 Å². The quantitative estimate of drug-likeness (QED) is 0.254. The Morgan fingerprint density at radius 1 is 0.971 bits per heavy atom. The van der Waals surface area contributed by atoms with E-state index in [9.17, 15) is 0 Å². The third kappa shape index (κ3) is 6.48. The van der Waals surface area contributed by atoms with Crippen molar-refractivity contribution in [3.63, 3.8) is 0 Å². The van der Waals surface area contributed by atoms with E-state index in [-0.39, 0.29) is 0 Å². The Balaban J connectivity index is 1.57. The molecule has 0 bridgehead atoms. The minimum absolute atomic E-state index is 0.526. The number of nitrogens with zero attached hydrogens (tertiary/aromatic N) is 5. The van der Waals surface area contributed by atoms with Crippen molar-refractivity contribution >= 4 is 28.1 Å². The highest BCUT2D eigenvalue weighted by molar-refractivity contribution is 7.15. The second-order valence-electron chi connectivity index (χ2n) is 7.87. The standard InChI is InChI=1S/C25H27ClN6OS/c1-2-3-4-12-33-18-8-9-20(21(26)14-18)22-13-17(6-5-7-19-15-30-25(27)34-19)31-24(32-22)23-16-28-10-11-29-23/h8-11,13-16H,2-7,12H2,1H3,(H2,27,30). The molecule has 3 heterocycles. The number of aryl methyl sites for hydroxylation is 2. The van der Waals surface area contributed by atoms with Crippen LogP contribution in [0.3, 0.4) is 0 Å². The molecule has 0 aliphatic carbocycles. The molecule has 0 radical (unpaired) electrons. The van der Waals surface area contributed by atoms with E-state index in [4.69, 9.17) is 32.0 Å². The molecule has 3 aromatic heterocycles. The van der Waals surface area contributed by atoms with Gasteiger partial charge < -0.3 is 10.5 Å². The van der Waals surface area contributed by atoms with Gasteiger partial charge in [-0.3, -0.25) is 4.98 Å². The molecule has 4 rings (SSSR count). The Hall–Kier alpha value is -3.10. The number of nitrogens with two attached hydrogens (primary N) is 1. The highest BCUT2D eigenvalue weighted by atomic mass is 35.5. The lowest BCUT2D eigenvalue weighted by Crippen LogP contribution is -2.01. The molecular formula is C25H27ClN6OS. The van der Waals surface area contributed by atoms with Crippen molar-refractivity contribution in [2.75, 3.05) is 12.3 Å². The first kappa shape index (κ1) is 24.0. The van der Waals surface area contributed by atoms with Crippen LogP contribution in [0.4, 0.5) is 5.13 Å². The monoisotopic (exact) mass is 494 g/mol. The fourth-order valence-electron chi connectivity index (χ4n) is 3.51. The van der Waals surface area contributed by atoms with Gasteiger partial charge in [0.05, 0.1) is 23.5 Å². The van der Waals surface area contributed by atoms with Crippen molar-refractivity contribution in [1.82, 2.24) is 24.9 Å². The number of hydrogen-bond donors (Lipinski definition) is 1. The summed E-state index contributed by atoms with van der Waals surface area (Å²) in [6.45, 7) is 2.86. The molecule has 0 saturated carbocycles. The van der Waals surface area contributed by atoms with Gasteiger partial charge in [-0.15, -0.1) is 11.3 Å². The number of aromatic nitrogens is 5. The molecule has 0 spiro atoms. The van der Waals surface area contributed by atoms with Gasteiger partial charge in [0.25, 0.3) is 0 Å². The lowest BCUT2D eigenvalue weighted by molar-refractivity contribution is 0.306. The van der Waals surface area contributed by atoms with E-state index >= 15 is 0 Å². The molecule has 0 aliphatic rings. The molecule has 0 unspecified atom stereocenters. The Bertz CT molecular complexity index is 1220. The number of halogens is 1. The summed E-state index contributed by atoms with van der Waals surface area (Å²) in [5, 5.41) is 1.18. The maximum absolute atomic E-state index is 6.66. The van der Waals surface area contributed by atoms with Crippen molar-refractivity contribution in [2.45, 2.75) is 45.4 Å². The van der Waals surface area contributed by atoms with Crippen molar-refractivity contribution < 1.29 is 4.74 Å². The summed E-state index contributed by atoms with van der Waals surface area (Å²) >= 11 is 8.18. The molecule has 1 aromatic carbocycles. The van der Waals surface area contributed by atoms with Gasteiger partial charge >= 0.3 is 0 Å². The molecule has 4 aromatic rings. The molecular weight excluding hydrogens is 468 g/mol. The van der Waals surface area contributed by atoms with E-state index in [2.05, 4.69) is 21.9 Å². The Labute approximate surface area is 208 Å². The molecule has 7 nitrogen and oxygen atoms in total. The van der Waals surface area contributed by atoms with Crippen molar-refractivity contribution in [3.05, 3.63) is 64.6 Å². The molecule has 34 heavy (non-hydrogen) atoms. The predicted octanol–water partition coefficient (Wildman–Crippen LogP) is 6.04. The topological polar surface area (TPSA) is 99.7 Å². The number of rotatable bonds is 11. The number of nitrogen functional groups attached to an aromatic ring is 1. The lowest BCUT2D eigenvalue weighted by atomic mass is 10.1. The molecule has 0 amide bonds. The molecule has 0 saturated heterocycles. The van der Waals surface area contributed by atoms with Crippen LogP contribution in [-0.2, 0) is 12.8 Å². The minimum atomic E-state index is 0.526. The molecule has 2 N–H and O–H groups in total. The van der Waals surface area contributed by atoms with Crippen molar-refractivity contribution in [3.8, 4) is 28.5 Å². The van der Waals surface area contributed by atoms with Crippen LogP contribution in [0.15, 0.2) is 49.1 Å². The van der Waals surface area contributed by atoms with Crippen LogP contribution < -0.4 is 10.5 Å². The summed E-state index contributed by atoms with van der Waals surface area (Å²) in [4.78, 5) is 23.3. The van der Waals surface area contributed by atoms with Gasteiger partial charge in [0.1, 0.15) is 11.4 Å². The van der Waals surface area contributed by atoms with Crippen LogP contribution in [0, 0.1) is 0 Å². The fraction of sp³-hybridized carbons (Fsp3) is 0.320. The largest absolute Gasteiger partial charge is 0.494 e. The number of unbranched alkanes of at least 4 members (excludes halogenated alkanes) is 2. The van der Waals surface area contributed by atoms with Crippen LogP contribution in [0.1, 0.15) is 43.2 Å². The third-order valence-electron chi connectivity index (χ3n) is 5.23. The Kier molecular flexibility index (Phi) is 8.38. The van der Waals surface area contributed by atoms with Gasteiger partial charge in [-0.05, 0) is 49.9 Å². The van der Waals surface area contributed by atoms with Gasteiger partial charge in [0.15, 0.2) is 11.0 Å². The average molecular weight is 495 g/mol. The van der Waals surface area contributed by atoms with Gasteiger partial charge in [0.2, 0.25) is 0 Å². The molecule has 9 heteroatoms. The highest BCUT2D eigenvalue weighted by Gasteiger charge is 2.13. The second-order valence-corrected chi connectivity index (χ2v) is 9.43. The molecule has 0 aliphatic heterocycles. The van der Waals surface area contributed by atoms with Crippen LogP contribution in [-0.4, -0.2) is 31.5 Å². The van der Waals surface area contributed by atoms with Crippen molar-refractivity contribution in [2.24, 2.45) is 0 Å². The zero-order valence-electron chi connectivity index (χ0n) is 19.1. The SMILES string of the molecule is CCCCCOc1ccc(-c2cc(CCCc3cnc(N)s3)nc(-c3cnccn3)n2)c(Cl)c1. The first-order chi connectivity index (χ1) is 16.6. The predicted molar refractivity (Wildman–Crippen MR) is 137 cm³/mol. The minimum Gasteiger partial charge on any atom is -0.494 e. The van der Waals surface area contributed by atoms with Crippen LogP contribution in [0.25, 0.3) is 22.8 Å². The first-order valence-corrected chi connectivity index (χ1v) is 12.6. The maximum Gasteiger partial charge on any atom is 0.180 e. The lowest BCUT2D eigenvalue weighted by Gasteiger charge is -2.11. The van der Waals surface area contributed by atoms with Gasteiger partial charge in [-0.25, -0.2) is 19.9 Å². The number of thiazole rings is 1. The zero-order valence-corrected chi connectivity index (χ0v) is 20.6. The first-order valence-electron chi connectivity index (χ1n) is 11.4. The summed E-state index contributed by atoms with van der Waals surface area (Å²) in [7, 11) is 0. The van der Waals surface area contributed by atoms with Crippen LogP contribution in [0.2, 0.25) is 5.02 Å². The summed E-state index contributed by atoms with van der Waals surface area (Å²) in [5.74, 6) is 1.29. The van der Waals surface area contributed by atoms with Gasteiger partial charge in [-0.1, -0.05) is 31.4 Å². The van der Waals surface area contributed by atoms with Gasteiger partial charge in [-0.2, -0.15) is 0 Å². The number of hydrogen-bond acceptors (Lipinski definition) is 8. The second kappa shape index (κ2) is 11.9. The van der Waals surface area contributed by atoms with E-state index in [0.717, 1.165) is 61.2 Å². The van der Waals surface area contributed by atoms with E-state index in [1.54, 1.807) is 18.6 Å². The van der Waals surface area contributed by atoms with Crippen LogP contribution >= 0.6 is 22.9 Å². The van der Waals surface area contributed by atoms with Gasteiger partial charge in [0, 0.05) is 34.7 Å². The van der Waals surface area contributed by atoms with E-state index in [1.165, 1.54) is 16.2 Å². The zero-order chi connectivity index (χ0) is 23.8. The smallest absolute Gasteiger partial charge is 0.180 e. The average Bonchev–Trinajstić information content (AvgIpc) is 3.27. The maximum atomic E-state index is 6.66. The highest BCUT2D eigenvalue weighted by Crippen LogP contribution is 2.32. The number of anilines is 1. The summed E-state index contributed by atoms with van der Waals surface area (Å²) < 4.78 is 5.84. The summed E-state index contributed by atoms with van der Waals surface area (Å²) in [5.41, 5.74) is 8.85. The Morgan fingerprint density at radius 3 is 2.62 bits per heavy atom. The summed E-state index contributed by atoms with van der Waals surface area (Å²) in [6.07, 6.45) is 12.7. The number of ether oxygens (including phenoxy) is 1. The summed E-state index contributed by atoms with van der Waals surface area (Å²) in [6, 6.07) is 7.72.